The Morgan fingerprint density at radius 3 is 2.53 bits per heavy atom. The highest BCUT2D eigenvalue weighted by Gasteiger charge is 2.28. The summed E-state index contributed by atoms with van der Waals surface area (Å²) in [5, 5.41) is 3.40. The number of nitrogens with zero attached hydrogens (tertiary/aromatic N) is 2. The van der Waals surface area contributed by atoms with Crippen molar-refractivity contribution in [3.63, 3.8) is 0 Å². The lowest BCUT2D eigenvalue weighted by Gasteiger charge is -2.35. The van der Waals surface area contributed by atoms with Crippen LogP contribution in [0.15, 0.2) is 58.4 Å². The zero-order valence-corrected chi connectivity index (χ0v) is 21.6. The smallest absolute Gasteiger partial charge is 0.240 e. The van der Waals surface area contributed by atoms with E-state index in [-0.39, 0.29) is 36.1 Å². The predicted octanol–water partition coefficient (Wildman–Crippen LogP) is 3.20. The average Bonchev–Trinajstić information content (AvgIpc) is 3.58. The molecular formula is C23H31IN4O3S. The summed E-state index contributed by atoms with van der Waals surface area (Å²) >= 11 is 0. The van der Waals surface area contributed by atoms with E-state index in [0.29, 0.717) is 18.0 Å². The van der Waals surface area contributed by atoms with Crippen LogP contribution in [-0.2, 0) is 21.3 Å². The number of ether oxygens (including phenoxy) is 1. The number of aliphatic imine (C=N–C) groups is 1. The largest absolute Gasteiger partial charge is 0.370 e. The fourth-order valence-corrected chi connectivity index (χ4v) is 5.07. The molecule has 0 spiro atoms. The van der Waals surface area contributed by atoms with Gasteiger partial charge in [-0.1, -0.05) is 36.4 Å². The second-order valence-corrected chi connectivity index (χ2v) is 9.82. The van der Waals surface area contributed by atoms with Crippen molar-refractivity contribution in [2.24, 2.45) is 4.99 Å². The third-order valence-corrected chi connectivity index (χ3v) is 7.23. The molecule has 1 saturated carbocycles. The van der Waals surface area contributed by atoms with Crippen molar-refractivity contribution in [1.29, 1.82) is 0 Å². The van der Waals surface area contributed by atoms with Gasteiger partial charge in [0.2, 0.25) is 10.0 Å². The van der Waals surface area contributed by atoms with Crippen molar-refractivity contribution in [2.45, 2.75) is 43.4 Å². The highest BCUT2D eigenvalue weighted by molar-refractivity contribution is 14.0. The molecule has 1 aliphatic carbocycles. The third kappa shape index (κ3) is 6.21. The quantitative estimate of drug-likeness (QED) is 0.317. The molecule has 0 amide bonds. The highest BCUT2D eigenvalue weighted by atomic mass is 127. The molecule has 1 saturated heterocycles. The Bertz CT molecular complexity index is 1040. The second kappa shape index (κ2) is 11.0. The predicted molar refractivity (Wildman–Crippen MR) is 137 cm³/mol. The van der Waals surface area contributed by atoms with Crippen LogP contribution in [0.25, 0.3) is 0 Å². The minimum Gasteiger partial charge on any atom is -0.370 e. The van der Waals surface area contributed by atoms with Crippen LogP contribution in [0.3, 0.4) is 0 Å². The minimum absolute atomic E-state index is 0. The number of nitrogens with one attached hydrogen (secondary N) is 2. The standard InChI is InChI=1S/C23H30N4O3S.HI/c1-17-5-3-4-6-21(17)22-16-27(13-14-30-22)23(24-2)25-15-18-7-11-20(12-8-18)31(28,29)26-19-9-10-19;/h3-8,11-12,19,22,26H,9-10,13-16H2,1-2H3,(H,24,25);1H. The first-order valence-corrected chi connectivity index (χ1v) is 12.2. The maximum atomic E-state index is 12.3. The molecule has 9 heteroatoms. The van der Waals surface area contributed by atoms with Gasteiger partial charge in [0.25, 0.3) is 0 Å². The molecule has 0 bridgehead atoms. The first kappa shape index (κ1) is 24.9. The van der Waals surface area contributed by atoms with Crippen molar-refractivity contribution >= 4 is 40.0 Å². The molecule has 0 radical (unpaired) electrons. The van der Waals surface area contributed by atoms with Crippen LogP contribution in [0.5, 0.6) is 0 Å². The Labute approximate surface area is 207 Å². The fraction of sp³-hybridized carbons (Fsp3) is 0.435. The van der Waals surface area contributed by atoms with Gasteiger partial charge in [-0.2, -0.15) is 0 Å². The van der Waals surface area contributed by atoms with E-state index in [4.69, 9.17) is 4.74 Å². The topological polar surface area (TPSA) is 83.0 Å². The molecule has 1 atom stereocenters. The van der Waals surface area contributed by atoms with Crippen molar-refractivity contribution < 1.29 is 13.2 Å². The van der Waals surface area contributed by atoms with Gasteiger partial charge in [-0.3, -0.25) is 4.99 Å². The normalized spacial score (nSPS) is 19.4. The van der Waals surface area contributed by atoms with Gasteiger partial charge in [0.05, 0.1) is 18.0 Å². The van der Waals surface area contributed by atoms with Gasteiger partial charge in [-0.15, -0.1) is 24.0 Å². The summed E-state index contributed by atoms with van der Waals surface area (Å²) in [5.74, 6) is 0.814. The van der Waals surface area contributed by atoms with Crippen LogP contribution in [0.1, 0.15) is 35.6 Å². The van der Waals surface area contributed by atoms with E-state index in [1.54, 1.807) is 19.2 Å². The number of sulfonamides is 1. The second-order valence-electron chi connectivity index (χ2n) is 8.10. The number of hydrogen-bond donors (Lipinski definition) is 2. The van der Waals surface area contributed by atoms with Gasteiger partial charge in [0.1, 0.15) is 6.10 Å². The molecule has 4 rings (SSSR count). The third-order valence-electron chi connectivity index (χ3n) is 5.70. The van der Waals surface area contributed by atoms with E-state index in [1.807, 2.05) is 24.3 Å². The molecule has 0 aromatic heterocycles. The van der Waals surface area contributed by atoms with Crippen molar-refractivity contribution in [2.75, 3.05) is 26.7 Å². The average molecular weight is 570 g/mol. The minimum atomic E-state index is -3.42. The van der Waals surface area contributed by atoms with E-state index in [1.165, 1.54) is 11.1 Å². The Balaban J connectivity index is 0.00000289. The number of hydrogen-bond acceptors (Lipinski definition) is 4. The van der Waals surface area contributed by atoms with Gasteiger partial charge in [-0.25, -0.2) is 13.1 Å². The van der Waals surface area contributed by atoms with E-state index < -0.39 is 10.0 Å². The van der Waals surface area contributed by atoms with Crippen molar-refractivity contribution in [1.82, 2.24) is 14.9 Å². The van der Waals surface area contributed by atoms with Gasteiger partial charge in [0, 0.05) is 26.2 Å². The van der Waals surface area contributed by atoms with Gasteiger partial charge >= 0.3 is 0 Å². The van der Waals surface area contributed by atoms with Crippen LogP contribution in [0, 0.1) is 6.92 Å². The maximum absolute atomic E-state index is 12.3. The molecule has 2 aromatic carbocycles. The lowest BCUT2D eigenvalue weighted by molar-refractivity contribution is -0.00833. The Kier molecular flexibility index (Phi) is 8.54. The molecular weight excluding hydrogens is 539 g/mol. The highest BCUT2D eigenvalue weighted by Crippen LogP contribution is 2.25. The molecule has 2 fully saturated rings. The summed E-state index contributed by atoms with van der Waals surface area (Å²) in [5.41, 5.74) is 3.43. The number of aryl methyl sites for hydroxylation is 1. The number of morpholine rings is 1. The first-order chi connectivity index (χ1) is 15.0. The van der Waals surface area contributed by atoms with Gasteiger partial charge in [0.15, 0.2) is 5.96 Å². The molecule has 1 unspecified atom stereocenters. The summed E-state index contributed by atoms with van der Waals surface area (Å²) in [6.07, 6.45) is 1.86. The Hall–Kier alpha value is -1.69. The van der Waals surface area contributed by atoms with E-state index >= 15 is 0 Å². The summed E-state index contributed by atoms with van der Waals surface area (Å²) < 4.78 is 33.4. The molecule has 2 aromatic rings. The molecule has 2 N–H and O–H groups in total. The van der Waals surface area contributed by atoms with Crippen molar-refractivity contribution in [3.05, 3.63) is 65.2 Å². The molecule has 1 heterocycles. The number of halogens is 1. The molecule has 32 heavy (non-hydrogen) atoms. The lowest BCUT2D eigenvalue weighted by Crippen LogP contribution is -2.48. The molecule has 1 aliphatic heterocycles. The lowest BCUT2D eigenvalue weighted by atomic mass is 10.0. The number of rotatable bonds is 6. The van der Waals surface area contributed by atoms with Gasteiger partial charge < -0.3 is 15.0 Å². The summed E-state index contributed by atoms with van der Waals surface area (Å²) in [6.45, 7) is 4.81. The Morgan fingerprint density at radius 2 is 1.88 bits per heavy atom. The maximum Gasteiger partial charge on any atom is 0.240 e. The molecule has 174 valence electrons. The first-order valence-electron chi connectivity index (χ1n) is 10.7. The summed E-state index contributed by atoms with van der Waals surface area (Å²) in [4.78, 5) is 6.96. The SMILES string of the molecule is CN=C(NCc1ccc(S(=O)(=O)NC2CC2)cc1)N1CCOC(c2ccccc2C)C1.I. The van der Waals surface area contributed by atoms with Crippen LogP contribution in [-0.4, -0.2) is 52.1 Å². The zero-order valence-electron chi connectivity index (χ0n) is 18.5. The monoisotopic (exact) mass is 570 g/mol. The van der Waals surface area contributed by atoms with E-state index in [2.05, 4.69) is 39.0 Å². The number of guanidine groups is 1. The van der Waals surface area contributed by atoms with Crippen LogP contribution in [0.4, 0.5) is 0 Å². The van der Waals surface area contributed by atoms with Crippen LogP contribution < -0.4 is 10.0 Å². The van der Waals surface area contributed by atoms with E-state index in [0.717, 1.165) is 37.5 Å². The summed E-state index contributed by atoms with van der Waals surface area (Å²) in [6, 6.07) is 15.4. The molecule has 2 aliphatic rings. The van der Waals surface area contributed by atoms with Gasteiger partial charge in [-0.05, 0) is 48.6 Å². The van der Waals surface area contributed by atoms with E-state index in [9.17, 15) is 8.42 Å². The number of benzene rings is 2. The van der Waals surface area contributed by atoms with Crippen LogP contribution >= 0.6 is 24.0 Å². The fourth-order valence-electron chi connectivity index (χ4n) is 3.77. The van der Waals surface area contributed by atoms with Crippen molar-refractivity contribution in [3.8, 4) is 0 Å². The molecule has 7 nitrogen and oxygen atoms in total. The van der Waals surface area contributed by atoms with Crippen LogP contribution in [0.2, 0.25) is 0 Å². The Morgan fingerprint density at radius 1 is 1.16 bits per heavy atom. The summed E-state index contributed by atoms with van der Waals surface area (Å²) in [7, 11) is -1.64. The zero-order chi connectivity index (χ0) is 21.8.